The van der Waals surface area contributed by atoms with E-state index in [1.165, 1.54) is 0 Å². The first kappa shape index (κ1) is 16.6. The highest BCUT2D eigenvalue weighted by Crippen LogP contribution is 1.99. The zero-order valence-electron chi connectivity index (χ0n) is 11.4. The summed E-state index contributed by atoms with van der Waals surface area (Å²) in [6.45, 7) is 0.251. The van der Waals surface area contributed by atoms with Crippen molar-refractivity contribution in [3.63, 3.8) is 0 Å². The highest BCUT2D eigenvalue weighted by atomic mass is 35.5. The molecular weight excluding hydrogens is 286 g/mol. The SMILES string of the molecule is O=C(C[n+]1ccccc1)N/N=C/C=Cc1ccccc1.[Cl-]. The molecule has 2 rings (SSSR count). The molecule has 0 spiro atoms. The smallest absolute Gasteiger partial charge is 0.305 e. The number of carbonyl (C=O) groups excluding carboxylic acids is 1. The van der Waals surface area contributed by atoms with Gasteiger partial charge in [0.05, 0.1) is 0 Å². The van der Waals surface area contributed by atoms with Crippen LogP contribution in [-0.2, 0) is 11.3 Å². The van der Waals surface area contributed by atoms with Crippen LogP contribution in [-0.4, -0.2) is 12.1 Å². The Morgan fingerprint density at radius 3 is 2.48 bits per heavy atom. The van der Waals surface area contributed by atoms with E-state index in [9.17, 15) is 4.79 Å². The lowest BCUT2D eigenvalue weighted by Gasteiger charge is -1.95. The Hall–Kier alpha value is -2.46. The quantitative estimate of drug-likeness (QED) is 0.421. The van der Waals surface area contributed by atoms with Gasteiger partial charge in [-0.25, -0.2) is 5.43 Å². The van der Waals surface area contributed by atoms with E-state index in [1.807, 2.05) is 67.0 Å². The van der Waals surface area contributed by atoms with Gasteiger partial charge in [-0.2, -0.15) is 9.67 Å². The van der Waals surface area contributed by atoms with Crippen molar-refractivity contribution in [1.82, 2.24) is 5.43 Å². The van der Waals surface area contributed by atoms with Gasteiger partial charge in [-0.05, 0) is 11.6 Å². The fraction of sp³-hybridized carbons (Fsp3) is 0.0625. The molecule has 1 amide bonds. The van der Waals surface area contributed by atoms with Crippen LogP contribution >= 0.6 is 0 Å². The fourth-order valence-electron chi connectivity index (χ4n) is 1.61. The maximum atomic E-state index is 11.6. The first-order chi connectivity index (χ1) is 9.84. The Morgan fingerprint density at radius 1 is 1.10 bits per heavy atom. The first-order valence-corrected chi connectivity index (χ1v) is 6.32. The molecule has 0 saturated carbocycles. The molecule has 1 heterocycles. The van der Waals surface area contributed by atoms with Gasteiger partial charge in [0.15, 0.2) is 12.4 Å². The van der Waals surface area contributed by atoms with Gasteiger partial charge >= 0.3 is 5.91 Å². The van der Waals surface area contributed by atoms with Gasteiger partial charge in [-0.1, -0.05) is 42.5 Å². The number of nitrogens with one attached hydrogen (secondary N) is 1. The predicted octanol–water partition coefficient (Wildman–Crippen LogP) is -1.21. The van der Waals surface area contributed by atoms with E-state index in [4.69, 9.17) is 0 Å². The number of hydrogen-bond acceptors (Lipinski definition) is 2. The number of allylic oxidation sites excluding steroid dienone is 1. The van der Waals surface area contributed by atoms with Crippen molar-refractivity contribution in [2.24, 2.45) is 5.10 Å². The number of carbonyl (C=O) groups is 1. The van der Waals surface area contributed by atoms with Gasteiger partial charge in [-0.3, -0.25) is 4.79 Å². The summed E-state index contributed by atoms with van der Waals surface area (Å²) in [5, 5.41) is 3.86. The van der Waals surface area contributed by atoms with Crippen molar-refractivity contribution < 1.29 is 21.8 Å². The molecule has 0 atom stereocenters. The molecule has 5 heteroatoms. The minimum Gasteiger partial charge on any atom is -1.00 e. The van der Waals surface area contributed by atoms with Gasteiger partial charge in [0.25, 0.3) is 0 Å². The summed E-state index contributed by atoms with van der Waals surface area (Å²) in [5.74, 6) is -0.162. The second-order valence-electron chi connectivity index (χ2n) is 4.13. The van der Waals surface area contributed by atoms with Crippen LogP contribution in [0.15, 0.2) is 72.1 Å². The summed E-state index contributed by atoms with van der Waals surface area (Å²) in [4.78, 5) is 11.6. The number of nitrogens with zero attached hydrogens (tertiary/aromatic N) is 2. The van der Waals surface area contributed by atoms with Crippen molar-refractivity contribution in [3.8, 4) is 0 Å². The lowest BCUT2D eigenvalue weighted by Crippen LogP contribution is -3.00. The predicted molar refractivity (Wildman–Crippen MR) is 78.7 cm³/mol. The van der Waals surface area contributed by atoms with Crippen molar-refractivity contribution in [2.45, 2.75) is 6.54 Å². The first-order valence-electron chi connectivity index (χ1n) is 6.32. The molecule has 1 N–H and O–H groups in total. The maximum absolute atomic E-state index is 11.6. The molecule has 4 nitrogen and oxygen atoms in total. The molecule has 0 unspecified atom stereocenters. The molecule has 0 radical (unpaired) electrons. The molecule has 2 aromatic rings. The van der Waals surface area contributed by atoms with E-state index in [0.717, 1.165) is 5.56 Å². The second kappa shape index (κ2) is 9.44. The van der Waals surface area contributed by atoms with E-state index in [1.54, 1.807) is 16.9 Å². The van der Waals surface area contributed by atoms with Gasteiger partial charge in [0.1, 0.15) is 0 Å². The molecule has 0 fully saturated rings. The molecule has 1 aromatic heterocycles. The third-order valence-electron chi connectivity index (χ3n) is 2.54. The topological polar surface area (TPSA) is 45.3 Å². The van der Waals surface area contributed by atoms with Crippen LogP contribution in [0.4, 0.5) is 0 Å². The monoisotopic (exact) mass is 301 g/mol. The van der Waals surface area contributed by atoms with Crippen LogP contribution in [0.5, 0.6) is 0 Å². The van der Waals surface area contributed by atoms with Gasteiger partial charge < -0.3 is 12.4 Å². The fourth-order valence-corrected chi connectivity index (χ4v) is 1.61. The summed E-state index contributed by atoms with van der Waals surface area (Å²) < 4.78 is 1.78. The molecule has 0 aliphatic heterocycles. The average molecular weight is 302 g/mol. The standard InChI is InChI=1S/C16H15N3O.ClH/c20-16(14-19-12-5-2-6-13-19)18-17-11-7-10-15-8-3-1-4-9-15;/h1-13H,14H2;1H/b10-7?,17-11+;. The van der Waals surface area contributed by atoms with E-state index in [2.05, 4.69) is 10.5 Å². The number of pyridine rings is 1. The number of hydrogen-bond donors (Lipinski definition) is 1. The largest absolute Gasteiger partial charge is 1.00 e. The summed E-state index contributed by atoms with van der Waals surface area (Å²) in [6, 6.07) is 15.5. The molecule has 0 saturated heterocycles. The van der Waals surface area contributed by atoms with Crippen molar-refractivity contribution in [2.75, 3.05) is 0 Å². The van der Waals surface area contributed by atoms with E-state index in [0.29, 0.717) is 0 Å². The Balaban J connectivity index is 0.00000220. The summed E-state index contributed by atoms with van der Waals surface area (Å²) in [7, 11) is 0. The normalized spacial score (nSPS) is 10.5. The van der Waals surface area contributed by atoms with E-state index >= 15 is 0 Å². The van der Waals surface area contributed by atoms with Crippen LogP contribution < -0.4 is 22.4 Å². The summed E-state index contributed by atoms with van der Waals surface area (Å²) in [5.41, 5.74) is 3.56. The Kier molecular flexibility index (Phi) is 7.46. The lowest BCUT2D eigenvalue weighted by molar-refractivity contribution is -0.684. The zero-order valence-corrected chi connectivity index (χ0v) is 12.1. The van der Waals surface area contributed by atoms with Crippen LogP contribution in [0.1, 0.15) is 5.56 Å². The third kappa shape index (κ3) is 6.49. The zero-order chi connectivity index (χ0) is 14.0. The average Bonchev–Trinajstić information content (AvgIpc) is 2.49. The third-order valence-corrected chi connectivity index (χ3v) is 2.54. The second-order valence-corrected chi connectivity index (χ2v) is 4.13. The molecule has 108 valence electrons. The number of rotatable bonds is 5. The number of halogens is 1. The molecule has 0 aliphatic rings. The summed E-state index contributed by atoms with van der Waals surface area (Å²) in [6.07, 6.45) is 8.92. The van der Waals surface area contributed by atoms with Gasteiger partial charge in [-0.15, -0.1) is 0 Å². The van der Waals surface area contributed by atoms with Crippen molar-refractivity contribution in [3.05, 3.63) is 72.6 Å². The van der Waals surface area contributed by atoms with Gasteiger partial charge in [0.2, 0.25) is 6.54 Å². The molecule has 1 aromatic carbocycles. The van der Waals surface area contributed by atoms with Crippen molar-refractivity contribution in [1.29, 1.82) is 0 Å². The number of hydrazone groups is 1. The highest BCUT2D eigenvalue weighted by Gasteiger charge is 2.05. The highest BCUT2D eigenvalue weighted by molar-refractivity contribution is 5.80. The lowest BCUT2D eigenvalue weighted by atomic mass is 10.2. The summed E-state index contributed by atoms with van der Waals surface area (Å²) >= 11 is 0. The van der Waals surface area contributed by atoms with Crippen LogP contribution in [0.25, 0.3) is 6.08 Å². The van der Waals surface area contributed by atoms with Crippen LogP contribution in [0.2, 0.25) is 0 Å². The molecule has 0 aliphatic carbocycles. The Labute approximate surface area is 130 Å². The molecular formula is C16H16ClN3O. The molecule has 21 heavy (non-hydrogen) atoms. The van der Waals surface area contributed by atoms with E-state index < -0.39 is 0 Å². The van der Waals surface area contributed by atoms with Gasteiger partial charge in [0, 0.05) is 18.3 Å². The minimum absolute atomic E-state index is 0. The number of aromatic nitrogens is 1. The van der Waals surface area contributed by atoms with Crippen molar-refractivity contribution >= 4 is 18.2 Å². The Morgan fingerprint density at radius 2 is 1.76 bits per heavy atom. The Bertz CT molecular complexity index is 597. The number of benzene rings is 1. The van der Waals surface area contributed by atoms with Crippen LogP contribution in [0.3, 0.4) is 0 Å². The number of amides is 1. The minimum atomic E-state index is -0.162. The van der Waals surface area contributed by atoms with Crippen LogP contribution in [0, 0.1) is 0 Å². The maximum Gasteiger partial charge on any atom is 0.305 e. The molecule has 0 bridgehead atoms. The van der Waals surface area contributed by atoms with E-state index in [-0.39, 0.29) is 24.9 Å².